The number of benzene rings is 4. The van der Waals surface area contributed by atoms with Gasteiger partial charge in [-0.15, -0.1) is 0 Å². The zero-order valence-electron chi connectivity index (χ0n) is 28.9. The second kappa shape index (κ2) is 14.4. The van der Waals surface area contributed by atoms with Crippen LogP contribution in [0.5, 0.6) is 28.7 Å². The van der Waals surface area contributed by atoms with E-state index in [9.17, 15) is 30.6 Å². The van der Waals surface area contributed by atoms with E-state index in [0.717, 1.165) is 36.2 Å². The molecular formula is C42H47N3O6. The van der Waals surface area contributed by atoms with E-state index in [2.05, 4.69) is 34.6 Å². The van der Waals surface area contributed by atoms with Crippen molar-refractivity contribution in [2.75, 3.05) is 19.8 Å². The first-order valence-electron chi connectivity index (χ1n) is 18.1. The summed E-state index contributed by atoms with van der Waals surface area (Å²) in [6.07, 6.45) is 14.7. The monoisotopic (exact) mass is 689 g/mol. The van der Waals surface area contributed by atoms with Gasteiger partial charge in [0, 0.05) is 42.8 Å². The maximum atomic E-state index is 11.2. The standard InChI is InChI=1S/C42H47N3O6/c46-24-36-41(17-1-2-18-41)19-4-20-42(36,37-23-44-26-45-37)25-43-22-29-9-7-27(8-10-29)11-15-32-30(14-12-28-13-16-33(47)35(49)21-28)31-5-3-6-34(48)38(31)40(51)39(32)50/h3,5-10,12-14,16,21,23,36,43,46-51H,1-2,4,11,15,17-20,22,24-26H2/t36-,42+/m0/s1. The fourth-order valence-corrected chi connectivity index (χ4v) is 9.27. The van der Waals surface area contributed by atoms with Gasteiger partial charge in [-0.2, -0.15) is 0 Å². The zero-order valence-corrected chi connectivity index (χ0v) is 28.9. The van der Waals surface area contributed by atoms with Crippen molar-refractivity contribution in [1.82, 2.24) is 5.32 Å². The predicted octanol–water partition coefficient (Wildman–Crippen LogP) is 7.24. The van der Waals surface area contributed by atoms with Gasteiger partial charge in [0.25, 0.3) is 0 Å². The highest BCUT2D eigenvalue weighted by Gasteiger charge is 2.55. The third-order valence-corrected chi connectivity index (χ3v) is 11.8. The Bertz CT molecular complexity index is 2000. The van der Waals surface area contributed by atoms with Gasteiger partial charge in [-0.25, -0.2) is 0 Å². The molecule has 7 rings (SSSR count). The molecule has 0 radical (unpaired) electrons. The van der Waals surface area contributed by atoms with Crippen LogP contribution in [0, 0.1) is 16.7 Å². The van der Waals surface area contributed by atoms with Gasteiger partial charge in [-0.3, -0.25) is 9.98 Å². The number of phenols is 5. The second-order valence-electron chi connectivity index (χ2n) is 14.6. The average molecular weight is 690 g/mol. The molecule has 0 aromatic heterocycles. The van der Waals surface area contributed by atoms with Crippen molar-refractivity contribution in [2.24, 2.45) is 26.7 Å². The Balaban J connectivity index is 1.08. The normalized spacial score (nSPS) is 21.3. The van der Waals surface area contributed by atoms with Crippen LogP contribution in [0.1, 0.15) is 72.8 Å². The molecule has 0 unspecified atom stereocenters. The van der Waals surface area contributed by atoms with Crippen molar-refractivity contribution in [1.29, 1.82) is 0 Å². The van der Waals surface area contributed by atoms with Crippen LogP contribution in [0.3, 0.4) is 0 Å². The Hall–Kier alpha value is -4.86. The van der Waals surface area contributed by atoms with Gasteiger partial charge >= 0.3 is 0 Å². The summed E-state index contributed by atoms with van der Waals surface area (Å²) in [6, 6.07) is 17.8. The molecule has 0 amide bonds. The Morgan fingerprint density at radius 2 is 1.53 bits per heavy atom. The number of aliphatic imine (C=N–C) groups is 2. The van der Waals surface area contributed by atoms with E-state index in [1.807, 2.05) is 6.21 Å². The molecule has 2 aliphatic carbocycles. The van der Waals surface area contributed by atoms with Crippen LogP contribution in [-0.2, 0) is 19.4 Å². The SMILES string of the molecule is OC[C@H]1C2(CCCC2)CCC[C@]1(CNCc1ccc(CCc2c(O)c(O)c3c(O)cccc3c2C=Cc2ccc(O)c(O)c2)cc1)C1=NCN=C1. The lowest BCUT2D eigenvalue weighted by Crippen LogP contribution is -2.56. The van der Waals surface area contributed by atoms with E-state index < -0.39 is 0 Å². The molecule has 51 heavy (non-hydrogen) atoms. The first-order chi connectivity index (χ1) is 24.7. The second-order valence-corrected chi connectivity index (χ2v) is 14.6. The smallest absolute Gasteiger partial charge is 0.169 e. The van der Waals surface area contributed by atoms with Crippen molar-refractivity contribution in [3.63, 3.8) is 0 Å². The molecule has 9 heteroatoms. The molecule has 3 aliphatic rings. The minimum Gasteiger partial charge on any atom is -0.507 e. The van der Waals surface area contributed by atoms with E-state index in [0.29, 0.717) is 48.1 Å². The number of aryl methyl sites for hydroxylation is 1. The molecule has 0 bridgehead atoms. The molecule has 1 spiro atoms. The molecule has 2 saturated carbocycles. The van der Waals surface area contributed by atoms with Gasteiger partial charge in [-0.05, 0) is 89.8 Å². The van der Waals surface area contributed by atoms with Gasteiger partial charge in [0.05, 0.1) is 11.1 Å². The number of aliphatic hydroxyl groups excluding tert-OH is 1. The molecule has 4 aromatic carbocycles. The molecule has 4 aromatic rings. The van der Waals surface area contributed by atoms with Crippen molar-refractivity contribution in [2.45, 2.75) is 64.3 Å². The van der Waals surface area contributed by atoms with Crippen molar-refractivity contribution >= 4 is 34.9 Å². The Labute approximate surface area is 298 Å². The number of fused-ring (bicyclic) bond motifs is 1. The number of rotatable bonds is 11. The maximum Gasteiger partial charge on any atom is 0.169 e. The fraction of sp³-hybridized carbons (Fsp3) is 0.381. The summed E-state index contributed by atoms with van der Waals surface area (Å²) in [4.78, 5) is 9.26. The number of hydrogen-bond acceptors (Lipinski definition) is 9. The summed E-state index contributed by atoms with van der Waals surface area (Å²) in [5, 5.41) is 67.7. The van der Waals surface area contributed by atoms with Gasteiger partial charge in [0.15, 0.2) is 23.0 Å². The van der Waals surface area contributed by atoms with Crippen molar-refractivity contribution < 1.29 is 30.6 Å². The van der Waals surface area contributed by atoms with Gasteiger partial charge in [0.2, 0.25) is 0 Å². The quantitative estimate of drug-likeness (QED) is 0.0646. The highest BCUT2D eigenvalue weighted by atomic mass is 16.3. The van der Waals surface area contributed by atoms with Gasteiger partial charge in [0.1, 0.15) is 12.4 Å². The first-order valence-corrected chi connectivity index (χ1v) is 18.1. The van der Waals surface area contributed by atoms with Crippen LogP contribution < -0.4 is 5.32 Å². The van der Waals surface area contributed by atoms with E-state index >= 15 is 0 Å². The first kappa shape index (κ1) is 34.6. The van der Waals surface area contributed by atoms with E-state index in [1.54, 1.807) is 30.4 Å². The number of phenolic OH excluding ortho intramolecular Hbond substituents is 5. The molecule has 266 valence electrons. The van der Waals surface area contributed by atoms with E-state index in [4.69, 9.17) is 4.99 Å². The summed E-state index contributed by atoms with van der Waals surface area (Å²) >= 11 is 0. The largest absolute Gasteiger partial charge is 0.507 e. The average Bonchev–Trinajstić information content (AvgIpc) is 3.85. The predicted molar refractivity (Wildman–Crippen MR) is 202 cm³/mol. The molecule has 0 saturated heterocycles. The summed E-state index contributed by atoms with van der Waals surface area (Å²) < 4.78 is 0. The highest BCUT2D eigenvalue weighted by Crippen LogP contribution is 2.59. The molecular weight excluding hydrogens is 642 g/mol. The zero-order chi connectivity index (χ0) is 35.6. The lowest BCUT2D eigenvalue weighted by molar-refractivity contribution is -0.0233. The lowest BCUT2D eigenvalue weighted by Gasteiger charge is -2.53. The van der Waals surface area contributed by atoms with E-state index in [1.165, 1.54) is 50.3 Å². The van der Waals surface area contributed by atoms with Crippen molar-refractivity contribution in [3.8, 4) is 28.7 Å². The summed E-state index contributed by atoms with van der Waals surface area (Å²) in [5.74, 6) is -1.09. The lowest BCUT2D eigenvalue weighted by atomic mass is 9.52. The summed E-state index contributed by atoms with van der Waals surface area (Å²) in [6.45, 7) is 2.07. The molecule has 2 fully saturated rings. The molecule has 9 nitrogen and oxygen atoms in total. The van der Waals surface area contributed by atoms with Crippen LogP contribution in [0.15, 0.2) is 70.6 Å². The van der Waals surface area contributed by atoms with Crippen molar-refractivity contribution in [3.05, 3.63) is 88.5 Å². The highest BCUT2D eigenvalue weighted by molar-refractivity contribution is 6.34. The van der Waals surface area contributed by atoms with Gasteiger partial charge < -0.3 is 36.0 Å². The summed E-state index contributed by atoms with van der Waals surface area (Å²) in [7, 11) is 0. The topological polar surface area (TPSA) is 158 Å². The number of hydrogen-bond donors (Lipinski definition) is 7. The maximum absolute atomic E-state index is 11.2. The molecule has 1 heterocycles. The third-order valence-electron chi connectivity index (χ3n) is 11.8. The minimum atomic E-state index is -0.369. The van der Waals surface area contributed by atoms with Crippen LogP contribution in [0.25, 0.3) is 22.9 Å². The number of aliphatic hydroxyl groups is 1. The number of aromatic hydroxyl groups is 5. The van der Waals surface area contributed by atoms with Gasteiger partial charge in [-0.1, -0.05) is 73.9 Å². The van der Waals surface area contributed by atoms with Crippen LogP contribution in [-0.4, -0.2) is 62.4 Å². The van der Waals surface area contributed by atoms with Crippen LogP contribution >= 0.6 is 0 Å². The molecule has 1 aliphatic heterocycles. The molecule has 2 atom stereocenters. The Morgan fingerprint density at radius 3 is 2.25 bits per heavy atom. The minimum absolute atomic E-state index is 0.142. The fourth-order valence-electron chi connectivity index (χ4n) is 9.27. The Kier molecular flexibility index (Phi) is 9.77. The third kappa shape index (κ3) is 6.56. The van der Waals surface area contributed by atoms with Crippen LogP contribution in [0.2, 0.25) is 0 Å². The molecule has 7 N–H and O–H groups in total. The summed E-state index contributed by atoms with van der Waals surface area (Å²) in [5.41, 5.74) is 5.02. The number of nitrogens with zero attached hydrogens (tertiary/aromatic N) is 2. The number of nitrogens with one attached hydrogen (secondary N) is 1. The Morgan fingerprint density at radius 1 is 0.765 bits per heavy atom. The van der Waals surface area contributed by atoms with E-state index in [-0.39, 0.29) is 57.5 Å². The van der Waals surface area contributed by atoms with Crippen LogP contribution in [0.4, 0.5) is 0 Å².